The largest absolute Gasteiger partial charge is 0.477 e. The lowest BCUT2D eigenvalue weighted by molar-refractivity contribution is 0.0689. The van der Waals surface area contributed by atoms with E-state index in [1.165, 1.54) is 6.20 Å². The topological polar surface area (TPSA) is 93.6 Å². The van der Waals surface area contributed by atoms with Gasteiger partial charge in [-0.15, -0.1) is 0 Å². The number of nitrogens with zero attached hydrogens (tertiary/aromatic N) is 1. The van der Waals surface area contributed by atoms with E-state index in [0.29, 0.717) is 16.5 Å². The maximum Gasteiger partial charge on any atom is 0.341 e. The zero-order valence-corrected chi connectivity index (χ0v) is 13.6. The van der Waals surface area contributed by atoms with Crippen LogP contribution in [0.1, 0.15) is 29.3 Å². The summed E-state index contributed by atoms with van der Waals surface area (Å²) in [5.41, 5.74) is 0.617. The highest BCUT2D eigenvalue weighted by Gasteiger charge is 2.20. The summed E-state index contributed by atoms with van der Waals surface area (Å²) in [6, 6.07) is 0. The molecule has 0 saturated heterocycles. The van der Waals surface area contributed by atoms with Crippen LogP contribution in [0.5, 0.6) is 5.88 Å². The molecule has 1 rings (SSSR count). The van der Waals surface area contributed by atoms with Crippen LogP contribution in [0.15, 0.2) is 10.7 Å². The maximum atomic E-state index is 11.3. The fourth-order valence-electron chi connectivity index (χ4n) is 1.67. The number of ether oxygens (including phenoxy) is 1. The van der Waals surface area contributed by atoms with E-state index in [2.05, 4.69) is 20.9 Å². The highest BCUT2D eigenvalue weighted by molar-refractivity contribution is 9.10. The number of hydrogen-bond donors (Lipinski definition) is 1. The first-order valence-corrected chi connectivity index (χ1v) is 8.82. The minimum atomic E-state index is -3.05. The van der Waals surface area contributed by atoms with Crippen molar-refractivity contribution in [1.29, 1.82) is 0 Å². The zero-order chi connectivity index (χ0) is 15.3. The van der Waals surface area contributed by atoms with Gasteiger partial charge in [0, 0.05) is 16.9 Å². The van der Waals surface area contributed by atoms with Crippen LogP contribution in [0.25, 0.3) is 0 Å². The number of aromatic nitrogens is 1. The minimum Gasteiger partial charge on any atom is -0.477 e. The molecule has 0 atom stereocenters. The Morgan fingerprint density at radius 1 is 1.50 bits per heavy atom. The summed E-state index contributed by atoms with van der Waals surface area (Å²) >= 11 is 3.26. The molecule has 1 aromatic rings. The molecule has 1 aromatic heterocycles. The molecule has 1 heterocycles. The van der Waals surface area contributed by atoms with Crippen LogP contribution >= 0.6 is 15.9 Å². The predicted octanol–water partition coefficient (Wildman–Crippen LogP) is 1.92. The molecule has 0 fully saturated rings. The van der Waals surface area contributed by atoms with Gasteiger partial charge in [-0.1, -0.05) is 6.92 Å². The van der Waals surface area contributed by atoms with Crippen molar-refractivity contribution in [3.8, 4) is 5.88 Å². The molecular weight excluding hydrogens is 350 g/mol. The molecule has 0 saturated carbocycles. The van der Waals surface area contributed by atoms with Crippen LogP contribution < -0.4 is 4.74 Å². The summed E-state index contributed by atoms with van der Waals surface area (Å²) in [5.74, 6) is -1.10. The molecule has 0 amide bonds. The number of carbonyl (C=O) groups is 1. The second kappa shape index (κ2) is 7.03. The van der Waals surface area contributed by atoms with E-state index in [0.717, 1.165) is 6.26 Å². The average Bonchev–Trinajstić information content (AvgIpc) is 2.34. The van der Waals surface area contributed by atoms with Crippen molar-refractivity contribution >= 4 is 31.7 Å². The first-order chi connectivity index (χ1) is 9.26. The molecule has 0 radical (unpaired) electrons. The molecular formula is C12H16BrNO5S. The summed E-state index contributed by atoms with van der Waals surface area (Å²) in [4.78, 5) is 15.3. The average molecular weight is 366 g/mol. The van der Waals surface area contributed by atoms with Crippen LogP contribution in [0, 0.1) is 0 Å². The number of carboxylic acids is 1. The highest BCUT2D eigenvalue weighted by Crippen LogP contribution is 2.27. The monoisotopic (exact) mass is 365 g/mol. The quantitative estimate of drug-likeness (QED) is 0.741. The standard InChI is InChI=1S/C12H16BrNO5S/c1-3-8-9(13)7-14-11(10(8)12(15)16)19-5-4-6-20(2,17)18/h7H,3-6H2,1-2H3,(H,15,16). The zero-order valence-electron chi connectivity index (χ0n) is 11.2. The lowest BCUT2D eigenvalue weighted by Gasteiger charge is -2.12. The molecule has 1 N–H and O–H groups in total. The number of pyridine rings is 1. The van der Waals surface area contributed by atoms with Crippen LogP contribution in [0.4, 0.5) is 0 Å². The Balaban J connectivity index is 2.87. The third kappa shape index (κ3) is 4.75. The molecule has 8 heteroatoms. The van der Waals surface area contributed by atoms with Gasteiger partial charge in [-0.3, -0.25) is 0 Å². The van der Waals surface area contributed by atoms with Gasteiger partial charge in [-0.05, 0) is 34.3 Å². The Kier molecular flexibility index (Phi) is 5.94. The SMILES string of the molecule is CCc1c(Br)cnc(OCCCS(C)(=O)=O)c1C(=O)O. The van der Waals surface area contributed by atoms with Crippen molar-refractivity contribution in [3.63, 3.8) is 0 Å². The van der Waals surface area contributed by atoms with E-state index in [9.17, 15) is 18.3 Å². The Morgan fingerprint density at radius 3 is 2.65 bits per heavy atom. The van der Waals surface area contributed by atoms with Crippen molar-refractivity contribution < 1.29 is 23.1 Å². The number of halogens is 1. The van der Waals surface area contributed by atoms with Gasteiger partial charge in [0.2, 0.25) is 5.88 Å². The summed E-state index contributed by atoms with van der Waals surface area (Å²) in [7, 11) is -3.05. The van der Waals surface area contributed by atoms with Crippen molar-refractivity contribution in [3.05, 3.63) is 21.8 Å². The summed E-state index contributed by atoms with van der Waals surface area (Å²) in [6.45, 7) is 1.94. The van der Waals surface area contributed by atoms with E-state index in [-0.39, 0.29) is 30.2 Å². The second-order valence-corrected chi connectivity index (χ2v) is 7.37. The van der Waals surface area contributed by atoms with Crippen molar-refractivity contribution in [1.82, 2.24) is 4.98 Å². The molecule has 20 heavy (non-hydrogen) atoms. The Hall–Kier alpha value is -1.15. The van der Waals surface area contributed by atoms with Crippen LogP contribution in [0.3, 0.4) is 0 Å². The van der Waals surface area contributed by atoms with Gasteiger partial charge in [-0.2, -0.15) is 0 Å². The maximum absolute atomic E-state index is 11.3. The lowest BCUT2D eigenvalue weighted by atomic mass is 10.1. The third-order valence-corrected chi connectivity index (χ3v) is 4.28. The van der Waals surface area contributed by atoms with Crippen LogP contribution in [-0.4, -0.2) is 43.1 Å². The minimum absolute atomic E-state index is 0.00737. The van der Waals surface area contributed by atoms with Gasteiger partial charge < -0.3 is 9.84 Å². The predicted molar refractivity (Wildman–Crippen MR) is 78.1 cm³/mol. The van der Waals surface area contributed by atoms with E-state index < -0.39 is 15.8 Å². The van der Waals surface area contributed by atoms with E-state index in [4.69, 9.17) is 4.74 Å². The van der Waals surface area contributed by atoms with Gasteiger partial charge in [-0.25, -0.2) is 18.2 Å². The Bertz CT molecular complexity index is 600. The highest BCUT2D eigenvalue weighted by atomic mass is 79.9. The summed E-state index contributed by atoms with van der Waals surface area (Å²) in [6.07, 6.45) is 3.43. The van der Waals surface area contributed by atoms with Gasteiger partial charge in [0.05, 0.1) is 12.4 Å². The van der Waals surface area contributed by atoms with Crippen molar-refractivity contribution in [2.24, 2.45) is 0 Å². The van der Waals surface area contributed by atoms with Gasteiger partial charge in [0.1, 0.15) is 15.4 Å². The third-order valence-electron chi connectivity index (χ3n) is 2.56. The molecule has 0 spiro atoms. The Labute approximate surface area is 126 Å². The molecule has 0 aliphatic rings. The van der Waals surface area contributed by atoms with Crippen LogP contribution in [-0.2, 0) is 16.3 Å². The van der Waals surface area contributed by atoms with E-state index in [1.54, 1.807) is 0 Å². The van der Waals surface area contributed by atoms with Gasteiger partial charge in [0.25, 0.3) is 0 Å². The fraction of sp³-hybridized carbons (Fsp3) is 0.500. The number of sulfone groups is 1. The molecule has 0 bridgehead atoms. The number of carboxylic acid groups (broad SMARTS) is 1. The number of rotatable bonds is 7. The van der Waals surface area contributed by atoms with E-state index >= 15 is 0 Å². The van der Waals surface area contributed by atoms with Crippen molar-refractivity contribution in [2.75, 3.05) is 18.6 Å². The molecule has 0 aliphatic heterocycles. The molecule has 112 valence electrons. The van der Waals surface area contributed by atoms with E-state index in [1.807, 2.05) is 6.92 Å². The molecule has 0 aromatic carbocycles. The van der Waals surface area contributed by atoms with Gasteiger partial charge in [0.15, 0.2) is 0 Å². The normalized spacial score (nSPS) is 11.3. The number of hydrogen-bond acceptors (Lipinski definition) is 5. The molecule has 0 unspecified atom stereocenters. The lowest BCUT2D eigenvalue weighted by Crippen LogP contribution is -2.12. The molecule has 6 nitrogen and oxygen atoms in total. The second-order valence-electron chi connectivity index (χ2n) is 4.26. The smallest absolute Gasteiger partial charge is 0.341 e. The first-order valence-electron chi connectivity index (χ1n) is 5.97. The first kappa shape index (κ1) is 16.9. The van der Waals surface area contributed by atoms with Crippen LogP contribution in [0.2, 0.25) is 0 Å². The summed E-state index contributed by atoms with van der Waals surface area (Å²) < 4.78 is 27.9. The van der Waals surface area contributed by atoms with Crippen molar-refractivity contribution in [2.45, 2.75) is 19.8 Å². The summed E-state index contributed by atoms with van der Waals surface area (Å²) in [5, 5.41) is 9.25. The molecule has 0 aliphatic carbocycles. The Morgan fingerprint density at radius 2 is 2.15 bits per heavy atom. The number of aromatic carboxylic acids is 1. The van der Waals surface area contributed by atoms with Gasteiger partial charge >= 0.3 is 5.97 Å². The fourth-order valence-corrected chi connectivity index (χ4v) is 2.90.